The molecular weight excluding hydrogens is 422 g/mol. The van der Waals surface area contributed by atoms with Gasteiger partial charge < -0.3 is 9.16 Å². The van der Waals surface area contributed by atoms with Crippen molar-refractivity contribution in [3.8, 4) is 0 Å². The van der Waals surface area contributed by atoms with Crippen molar-refractivity contribution >= 4 is 36.0 Å². The van der Waals surface area contributed by atoms with Crippen LogP contribution in [-0.4, -0.2) is 33.0 Å². The number of benzene rings is 2. The van der Waals surface area contributed by atoms with Crippen molar-refractivity contribution in [2.75, 3.05) is 13.7 Å². The molecule has 0 atom stereocenters. The predicted molar refractivity (Wildman–Crippen MR) is 130 cm³/mol. The zero-order valence-corrected chi connectivity index (χ0v) is 21.0. The summed E-state index contributed by atoms with van der Waals surface area (Å²) in [5.74, 6) is -0.411. The molecular formula is C25H31NO3SSi. The van der Waals surface area contributed by atoms with Crippen molar-refractivity contribution in [1.29, 1.82) is 0 Å². The van der Waals surface area contributed by atoms with Crippen LogP contribution in [-0.2, 0) is 14.6 Å². The van der Waals surface area contributed by atoms with E-state index in [-0.39, 0.29) is 10.5 Å². The second kappa shape index (κ2) is 9.07. The van der Waals surface area contributed by atoms with Crippen LogP contribution >= 0.6 is 11.3 Å². The van der Waals surface area contributed by atoms with Gasteiger partial charge in [0.25, 0.3) is 8.32 Å². The van der Waals surface area contributed by atoms with Crippen molar-refractivity contribution in [2.45, 2.75) is 45.1 Å². The molecule has 2 aromatic carbocycles. The Balaban J connectivity index is 2.03. The highest BCUT2D eigenvalue weighted by Crippen LogP contribution is 2.38. The normalized spacial score (nSPS) is 12.6. The van der Waals surface area contributed by atoms with E-state index in [0.29, 0.717) is 12.3 Å². The smallest absolute Gasteiger partial charge is 0.357 e. The van der Waals surface area contributed by atoms with Crippen LogP contribution in [0.5, 0.6) is 0 Å². The summed E-state index contributed by atoms with van der Waals surface area (Å²) < 4.78 is 11.9. The lowest BCUT2D eigenvalue weighted by molar-refractivity contribution is 0.0594. The molecule has 3 aromatic rings. The molecule has 0 aliphatic rings. The SMILES string of the molecule is COC(=O)c1csc(C(C)(C)CO[Si](c2ccccc2)(c2ccccc2)C(C)(C)C)n1. The molecule has 0 amide bonds. The van der Waals surface area contributed by atoms with E-state index in [2.05, 4.69) is 88.1 Å². The molecule has 4 nitrogen and oxygen atoms in total. The molecule has 0 radical (unpaired) electrons. The van der Waals surface area contributed by atoms with Crippen LogP contribution in [0.4, 0.5) is 0 Å². The zero-order valence-electron chi connectivity index (χ0n) is 19.1. The van der Waals surface area contributed by atoms with Gasteiger partial charge in [-0.05, 0) is 15.4 Å². The van der Waals surface area contributed by atoms with Crippen LogP contribution in [0.15, 0.2) is 66.0 Å². The van der Waals surface area contributed by atoms with Gasteiger partial charge in [0, 0.05) is 17.4 Å². The molecule has 0 saturated carbocycles. The summed E-state index contributed by atoms with van der Waals surface area (Å²) >= 11 is 1.47. The van der Waals surface area contributed by atoms with Gasteiger partial charge in [-0.15, -0.1) is 11.3 Å². The molecule has 0 N–H and O–H groups in total. The third-order valence-corrected chi connectivity index (χ3v) is 11.7. The number of hydrogen-bond donors (Lipinski definition) is 0. The molecule has 164 valence electrons. The van der Waals surface area contributed by atoms with E-state index in [1.165, 1.54) is 28.8 Å². The zero-order chi connectivity index (χ0) is 22.7. The Kier molecular flexibility index (Phi) is 6.84. The van der Waals surface area contributed by atoms with Gasteiger partial charge in [0.15, 0.2) is 5.69 Å². The summed E-state index contributed by atoms with van der Waals surface area (Å²) in [4.78, 5) is 16.4. The highest BCUT2D eigenvalue weighted by molar-refractivity contribution is 7.10. The first kappa shape index (κ1) is 23.4. The van der Waals surface area contributed by atoms with E-state index in [1.807, 2.05) is 12.1 Å². The standard InChI is InChI=1S/C25H31NO3SSi/c1-24(2,3)31(19-13-9-7-10-14-19,20-15-11-8-12-16-20)29-18-25(4,5)23-26-21(17-30-23)22(27)28-6/h7-17H,18H2,1-6H3. The fourth-order valence-corrected chi connectivity index (χ4v) is 9.53. The fraction of sp³-hybridized carbons (Fsp3) is 0.360. The van der Waals surface area contributed by atoms with Crippen LogP contribution in [0.3, 0.4) is 0 Å². The number of nitrogens with zero attached hydrogens (tertiary/aromatic N) is 1. The summed E-state index contributed by atoms with van der Waals surface area (Å²) in [6.07, 6.45) is 0. The Morgan fingerprint density at radius 2 is 1.45 bits per heavy atom. The van der Waals surface area contributed by atoms with E-state index in [0.717, 1.165) is 5.01 Å². The van der Waals surface area contributed by atoms with Crippen molar-refractivity contribution in [2.24, 2.45) is 0 Å². The van der Waals surface area contributed by atoms with Gasteiger partial charge in [-0.2, -0.15) is 0 Å². The first-order valence-electron chi connectivity index (χ1n) is 10.4. The van der Waals surface area contributed by atoms with E-state index in [4.69, 9.17) is 9.16 Å². The van der Waals surface area contributed by atoms with Crippen LogP contribution in [0, 0.1) is 0 Å². The van der Waals surface area contributed by atoms with Gasteiger partial charge in [0.1, 0.15) is 5.01 Å². The first-order valence-corrected chi connectivity index (χ1v) is 13.2. The molecule has 0 bridgehead atoms. The van der Waals surface area contributed by atoms with Crippen LogP contribution in [0.25, 0.3) is 0 Å². The van der Waals surface area contributed by atoms with Crippen molar-refractivity contribution in [3.05, 3.63) is 76.7 Å². The molecule has 6 heteroatoms. The van der Waals surface area contributed by atoms with Crippen LogP contribution < -0.4 is 10.4 Å². The summed E-state index contributed by atoms with van der Waals surface area (Å²) in [5.41, 5.74) is -0.00897. The van der Waals surface area contributed by atoms with Gasteiger partial charge >= 0.3 is 5.97 Å². The predicted octanol–water partition coefficient (Wildman–Crippen LogP) is 4.78. The lowest BCUT2D eigenvalue weighted by Gasteiger charge is -2.44. The Morgan fingerprint density at radius 3 is 1.90 bits per heavy atom. The molecule has 1 heterocycles. The summed E-state index contributed by atoms with van der Waals surface area (Å²) in [5, 5.41) is 5.03. The number of thiazole rings is 1. The number of rotatable bonds is 7. The van der Waals surface area contributed by atoms with E-state index in [9.17, 15) is 4.79 Å². The molecule has 0 fully saturated rings. The highest BCUT2D eigenvalue weighted by Gasteiger charge is 2.51. The number of methoxy groups -OCH3 is 1. The van der Waals surface area contributed by atoms with E-state index >= 15 is 0 Å². The Hall–Kier alpha value is -2.28. The summed E-state index contributed by atoms with van der Waals surface area (Å²) in [7, 11) is -1.26. The van der Waals surface area contributed by atoms with Gasteiger partial charge in [-0.1, -0.05) is 95.3 Å². The fourth-order valence-electron chi connectivity index (χ4n) is 3.89. The van der Waals surface area contributed by atoms with Gasteiger partial charge in [0.05, 0.1) is 7.11 Å². The Bertz CT molecular complexity index is 971. The number of esters is 1. The second-order valence-corrected chi connectivity index (χ2v) is 14.5. The molecule has 0 spiro atoms. The number of carbonyl (C=O) groups excluding carboxylic acids is 1. The number of hydrogen-bond acceptors (Lipinski definition) is 5. The monoisotopic (exact) mass is 453 g/mol. The third kappa shape index (κ3) is 4.66. The van der Waals surface area contributed by atoms with Crippen molar-refractivity contribution in [3.63, 3.8) is 0 Å². The molecule has 0 aliphatic heterocycles. The van der Waals surface area contributed by atoms with E-state index in [1.54, 1.807) is 5.38 Å². The minimum Gasteiger partial charge on any atom is -0.464 e. The van der Waals surface area contributed by atoms with Crippen LogP contribution in [0.1, 0.15) is 50.1 Å². The maximum atomic E-state index is 11.9. The Morgan fingerprint density at radius 1 is 0.935 bits per heavy atom. The van der Waals surface area contributed by atoms with Gasteiger partial charge in [0.2, 0.25) is 0 Å². The van der Waals surface area contributed by atoms with Crippen molar-refractivity contribution in [1.82, 2.24) is 4.98 Å². The third-order valence-electron chi connectivity index (χ3n) is 5.54. The maximum absolute atomic E-state index is 11.9. The lowest BCUT2D eigenvalue weighted by atomic mass is 9.96. The first-order chi connectivity index (χ1) is 14.6. The Labute approximate surface area is 190 Å². The molecule has 0 aliphatic carbocycles. The van der Waals surface area contributed by atoms with Gasteiger partial charge in [-0.3, -0.25) is 0 Å². The number of ether oxygens (including phenoxy) is 1. The molecule has 1 aromatic heterocycles. The van der Waals surface area contributed by atoms with Crippen molar-refractivity contribution < 1.29 is 14.0 Å². The minimum atomic E-state index is -2.63. The second-order valence-electron chi connectivity index (χ2n) is 9.37. The quantitative estimate of drug-likeness (QED) is 0.381. The minimum absolute atomic E-state index is 0.0914. The number of aromatic nitrogens is 1. The summed E-state index contributed by atoms with van der Waals surface area (Å²) in [6, 6.07) is 21.2. The molecule has 0 unspecified atom stereocenters. The average Bonchev–Trinajstić information content (AvgIpc) is 3.25. The molecule has 31 heavy (non-hydrogen) atoms. The summed E-state index contributed by atoms with van der Waals surface area (Å²) in [6.45, 7) is 11.5. The van der Waals surface area contributed by atoms with E-state index < -0.39 is 14.3 Å². The largest absolute Gasteiger partial charge is 0.464 e. The number of carbonyl (C=O) groups is 1. The van der Waals surface area contributed by atoms with Gasteiger partial charge in [-0.25, -0.2) is 9.78 Å². The molecule has 3 rings (SSSR count). The molecule has 0 saturated heterocycles. The lowest BCUT2D eigenvalue weighted by Crippen LogP contribution is -2.67. The maximum Gasteiger partial charge on any atom is 0.357 e. The average molecular weight is 454 g/mol. The highest BCUT2D eigenvalue weighted by atomic mass is 32.1. The van der Waals surface area contributed by atoms with Crippen LogP contribution in [0.2, 0.25) is 5.04 Å². The topological polar surface area (TPSA) is 48.4 Å².